The van der Waals surface area contributed by atoms with Gasteiger partial charge in [-0.2, -0.15) is 13.2 Å². The molecule has 0 unspecified atom stereocenters. The van der Waals surface area contributed by atoms with Crippen LogP contribution in [0.2, 0.25) is 0 Å². The number of hydrogen-bond acceptors (Lipinski definition) is 4. The van der Waals surface area contributed by atoms with Crippen molar-refractivity contribution in [2.24, 2.45) is 0 Å². The topological polar surface area (TPSA) is 48.7 Å². The summed E-state index contributed by atoms with van der Waals surface area (Å²) >= 11 is 3.37. The Balaban J connectivity index is 1.75. The van der Waals surface area contributed by atoms with Crippen molar-refractivity contribution in [2.45, 2.75) is 26.6 Å². The number of halogens is 4. The maximum atomic E-state index is 13.8. The fourth-order valence-electron chi connectivity index (χ4n) is 3.25. The monoisotopic (exact) mass is 518 g/mol. The van der Waals surface area contributed by atoms with Gasteiger partial charge in [0, 0.05) is 10.5 Å². The van der Waals surface area contributed by atoms with Crippen LogP contribution < -0.4 is 14.9 Å². The zero-order chi connectivity index (χ0) is 23.8. The van der Waals surface area contributed by atoms with Crippen molar-refractivity contribution in [3.63, 3.8) is 0 Å². The van der Waals surface area contributed by atoms with Gasteiger partial charge in [-0.1, -0.05) is 40.2 Å². The molecule has 0 atom stereocenters. The van der Waals surface area contributed by atoms with Gasteiger partial charge >= 0.3 is 6.18 Å². The van der Waals surface area contributed by atoms with E-state index in [2.05, 4.69) is 15.9 Å². The molecule has 33 heavy (non-hydrogen) atoms. The highest BCUT2D eigenvalue weighted by atomic mass is 79.9. The van der Waals surface area contributed by atoms with Crippen LogP contribution in [0.3, 0.4) is 0 Å². The van der Waals surface area contributed by atoms with E-state index in [1.54, 1.807) is 32.0 Å². The zero-order valence-corrected chi connectivity index (χ0v) is 19.2. The minimum Gasteiger partial charge on any atom is -0.489 e. The summed E-state index contributed by atoms with van der Waals surface area (Å²) in [5.74, 6) is -1.97. The molecular weight excluding hydrogens is 501 g/mol. The Morgan fingerprint density at radius 1 is 1.00 bits per heavy atom. The summed E-state index contributed by atoms with van der Waals surface area (Å²) in [6.07, 6.45) is -4.94. The molecule has 4 rings (SSSR count). The van der Waals surface area contributed by atoms with Crippen LogP contribution in [0.5, 0.6) is 17.2 Å². The summed E-state index contributed by atoms with van der Waals surface area (Å²) in [5, 5.41) is -0.0434. The van der Waals surface area contributed by atoms with Gasteiger partial charge in [0.1, 0.15) is 23.7 Å². The Labute approximate surface area is 195 Å². The molecule has 0 bridgehead atoms. The maximum Gasteiger partial charge on any atom is 0.453 e. The molecule has 1 heterocycles. The van der Waals surface area contributed by atoms with Crippen molar-refractivity contribution in [1.82, 2.24) is 0 Å². The van der Waals surface area contributed by atoms with E-state index in [1.807, 2.05) is 24.3 Å². The van der Waals surface area contributed by atoms with Crippen LogP contribution in [0.25, 0.3) is 11.0 Å². The maximum absolute atomic E-state index is 13.8. The van der Waals surface area contributed by atoms with Crippen LogP contribution in [-0.4, -0.2) is 0 Å². The first-order valence-electron chi connectivity index (χ1n) is 9.92. The van der Waals surface area contributed by atoms with Gasteiger partial charge in [0.15, 0.2) is 0 Å². The lowest BCUT2D eigenvalue weighted by molar-refractivity contribution is -0.154. The quantitative estimate of drug-likeness (QED) is 0.273. The average molecular weight is 519 g/mol. The molecule has 1 aromatic heterocycles. The van der Waals surface area contributed by atoms with Crippen LogP contribution >= 0.6 is 15.9 Å². The van der Waals surface area contributed by atoms with E-state index in [0.29, 0.717) is 5.56 Å². The largest absolute Gasteiger partial charge is 0.489 e. The molecule has 0 spiro atoms. The van der Waals surface area contributed by atoms with Gasteiger partial charge in [-0.15, -0.1) is 0 Å². The van der Waals surface area contributed by atoms with Crippen LogP contribution in [0.1, 0.15) is 22.5 Å². The highest BCUT2D eigenvalue weighted by molar-refractivity contribution is 9.10. The second kappa shape index (κ2) is 8.94. The van der Waals surface area contributed by atoms with E-state index in [-0.39, 0.29) is 29.1 Å². The number of ether oxygens (including phenoxy) is 2. The fourth-order valence-corrected chi connectivity index (χ4v) is 3.69. The third kappa shape index (κ3) is 5.06. The van der Waals surface area contributed by atoms with Gasteiger partial charge in [-0.05, 0) is 60.9 Å². The van der Waals surface area contributed by atoms with Gasteiger partial charge < -0.3 is 13.9 Å². The second-order valence-corrected chi connectivity index (χ2v) is 8.45. The molecule has 8 heteroatoms. The SMILES string of the molecule is Cc1ccc(C)c(Oc2c(C(F)(F)F)oc3cc(OCc4cccc(Br)c4)ccc3c2=O)c1. The van der Waals surface area contributed by atoms with E-state index >= 15 is 0 Å². The standard InChI is InChI=1S/C25H18BrF3O4/c1-14-6-7-15(2)20(10-14)32-23-22(30)19-9-8-18(12-21(19)33-24(23)25(27,28)29)31-13-16-4-3-5-17(26)11-16/h3-12H,13H2,1-2H3. The van der Waals surface area contributed by atoms with E-state index in [1.165, 1.54) is 18.2 Å². The Kier molecular flexibility index (Phi) is 6.21. The van der Waals surface area contributed by atoms with E-state index in [4.69, 9.17) is 13.9 Å². The zero-order valence-electron chi connectivity index (χ0n) is 17.6. The van der Waals surface area contributed by atoms with Gasteiger partial charge in [0.2, 0.25) is 11.2 Å². The first-order chi connectivity index (χ1) is 15.6. The molecule has 0 aliphatic rings. The van der Waals surface area contributed by atoms with Gasteiger partial charge in [0.05, 0.1) is 5.39 Å². The number of rotatable bonds is 5. The van der Waals surface area contributed by atoms with Crippen LogP contribution in [-0.2, 0) is 12.8 Å². The predicted octanol–water partition coefficient (Wildman–Crippen LogP) is 7.56. The molecular formula is C25H18BrF3O4. The Morgan fingerprint density at radius 3 is 2.52 bits per heavy atom. The minimum atomic E-state index is -4.94. The highest BCUT2D eigenvalue weighted by Gasteiger charge is 2.40. The normalized spacial score (nSPS) is 11.6. The smallest absolute Gasteiger partial charge is 0.453 e. The Morgan fingerprint density at radius 2 is 1.79 bits per heavy atom. The molecule has 0 aliphatic heterocycles. The van der Waals surface area contributed by atoms with Gasteiger partial charge in [0.25, 0.3) is 5.76 Å². The molecule has 0 aliphatic carbocycles. The van der Waals surface area contributed by atoms with Crippen molar-refractivity contribution < 1.29 is 27.1 Å². The lowest BCUT2D eigenvalue weighted by atomic mass is 10.1. The molecule has 3 aromatic carbocycles. The lowest BCUT2D eigenvalue weighted by Gasteiger charge is -2.15. The molecule has 0 amide bonds. The molecule has 4 aromatic rings. The first-order valence-corrected chi connectivity index (χ1v) is 10.7. The highest BCUT2D eigenvalue weighted by Crippen LogP contribution is 2.39. The summed E-state index contributed by atoms with van der Waals surface area (Å²) in [5.41, 5.74) is 1.07. The van der Waals surface area contributed by atoms with Gasteiger partial charge in [-0.25, -0.2) is 0 Å². The Bertz CT molecular complexity index is 1390. The third-order valence-electron chi connectivity index (χ3n) is 4.93. The van der Waals surface area contributed by atoms with E-state index < -0.39 is 23.1 Å². The molecule has 170 valence electrons. The van der Waals surface area contributed by atoms with Crippen molar-refractivity contribution in [3.8, 4) is 17.2 Å². The van der Waals surface area contributed by atoms with E-state index in [9.17, 15) is 18.0 Å². The molecule has 0 saturated carbocycles. The van der Waals surface area contributed by atoms with Crippen molar-refractivity contribution in [2.75, 3.05) is 0 Å². The van der Waals surface area contributed by atoms with Crippen molar-refractivity contribution in [3.05, 3.63) is 97.8 Å². The molecule has 0 N–H and O–H groups in total. The average Bonchev–Trinajstić information content (AvgIpc) is 2.75. The predicted molar refractivity (Wildman–Crippen MR) is 122 cm³/mol. The number of hydrogen-bond donors (Lipinski definition) is 0. The number of fused-ring (bicyclic) bond motifs is 1. The summed E-state index contributed by atoms with van der Waals surface area (Å²) in [4.78, 5) is 13.0. The number of benzene rings is 3. The number of aryl methyl sites for hydroxylation is 2. The van der Waals surface area contributed by atoms with E-state index in [0.717, 1.165) is 15.6 Å². The lowest BCUT2D eigenvalue weighted by Crippen LogP contribution is -2.15. The Hall–Kier alpha value is -3.26. The minimum absolute atomic E-state index is 0.0434. The summed E-state index contributed by atoms with van der Waals surface area (Å²) in [6.45, 7) is 3.64. The van der Waals surface area contributed by atoms with Crippen molar-refractivity contribution in [1.29, 1.82) is 0 Å². The summed E-state index contributed by atoms with van der Waals surface area (Å²) in [7, 11) is 0. The third-order valence-corrected chi connectivity index (χ3v) is 5.42. The van der Waals surface area contributed by atoms with Crippen LogP contribution in [0.15, 0.2) is 74.3 Å². The molecule has 0 radical (unpaired) electrons. The first kappa shape index (κ1) is 22.9. The molecule has 0 fully saturated rings. The molecule has 0 saturated heterocycles. The second-order valence-electron chi connectivity index (χ2n) is 7.53. The summed E-state index contributed by atoms with van der Waals surface area (Å²) < 4.78 is 58.6. The van der Waals surface area contributed by atoms with Crippen molar-refractivity contribution >= 4 is 26.9 Å². The fraction of sp³-hybridized carbons (Fsp3) is 0.160. The molecule has 4 nitrogen and oxygen atoms in total. The van der Waals surface area contributed by atoms with Crippen LogP contribution in [0.4, 0.5) is 13.2 Å². The van der Waals surface area contributed by atoms with Gasteiger partial charge in [-0.3, -0.25) is 4.79 Å². The number of alkyl halides is 3. The van der Waals surface area contributed by atoms with Crippen LogP contribution in [0, 0.1) is 13.8 Å². The summed E-state index contributed by atoms with van der Waals surface area (Å²) in [6, 6.07) is 16.6.